The highest BCUT2D eigenvalue weighted by Gasteiger charge is 2.43. The van der Waals surface area contributed by atoms with Gasteiger partial charge in [-0.2, -0.15) is 0 Å². The second-order valence-corrected chi connectivity index (χ2v) is 7.99. The molecule has 0 bridgehead atoms. The van der Waals surface area contributed by atoms with Gasteiger partial charge in [0.1, 0.15) is 0 Å². The molecule has 0 saturated heterocycles. The first-order chi connectivity index (χ1) is 8.37. The monoisotopic (exact) mass is 248 g/mol. The predicted molar refractivity (Wildman–Crippen MR) is 80.7 cm³/mol. The SMILES string of the molecule is CCCCCC1CC2=C(C1)C(C)(C)CCC2(C)C. The highest BCUT2D eigenvalue weighted by Crippen LogP contribution is 2.56. The summed E-state index contributed by atoms with van der Waals surface area (Å²) in [6, 6.07) is 0. The van der Waals surface area contributed by atoms with Gasteiger partial charge in [-0.05, 0) is 48.9 Å². The van der Waals surface area contributed by atoms with E-state index in [9.17, 15) is 0 Å². The molecule has 0 atom stereocenters. The summed E-state index contributed by atoms with van der Waals surface area (Å²) in [5.74, 6) is 0.971. The van der Waals surface area contributed by atoms with Crippen LogP contribution < -0.4 is 0 Å². The number of unbranched alkanes of at least 4 members (excludes halogenated alkanes) is 2. The molecule has 0 aromatic carbocycles. The van der Waals surface area contributed by atoms with Gasteiger partial charge >= 0.3 is 0 Å². The molecule has 2 aliphatic rings. The van der Waals surface area contributed by atoms with Crippen molar-refractivity contribution in [1.29, 1.82) is 0 Å². The molecule has 0 heterocycles. The van der Waals surface area contributed by atoms with Gasteiger partial charge in [0.15, 0.2) is 0 Å². The van der Waals surface area contributed by atoms with Crippen LogP contribution in [0, 0.1) is 16.7 Å². The molecule has 0 N–H and O–H groups in total. The Morgan fingerprint density at radius 2 is 1.39 bits per heavy atom. The van der Waals surface area contributed by atoms with Crippen molar-refractivity contribution in [2.24, 2.45) is 16.7 Å². The van der Waals surface area contributed by atoms with Crippen LogP contribution in [0.2, 0.25) is 0 Å². The Morgan fingerprint density at radius 3 is 1.83 bits per heavy atom. The van der Waals surface area contributed by atoms with Crippen LogP contribution in [0.3, 0.4) is 0 Å². The van der Waals surface area contributed by atoms with Crippen molar-refractivity contribution in [2.75, 3.05) is 0 Å². The Morgan fingerprint density at radius 1 is 0.889 bits per heavy atom. The third-order valence-electron chi connectivity index (χ3n) is 5.57. The molecular weight excluding hydrogens is 216 g/mol. The van der Waals surface area contributed by atoms with Gasteiger partial charge in [-0.15, -0.1) is 0 Å². The molecule has 0 radical (unpaired) electrons. The summed E-state index contributed by atoms with van der Waals surface area (Å²) in [6.07, 6.45) is 11.3. The summed E-state index contributed by atoms with van der Waals surface area (Å²) in [5.41, 5.74) is 4.68. The molecule has 0 aromatic heterocycles. The van der Waals surface area contributed by atoms with E-state index in [0.717, 1.165) is 5.92 Å². The molecule has 2 aliphatic carbocycles. The van der Waals surface area contributed by atoms with Crippen LogP contribution in [-0.4, -0.2) is 0 Å². The Balaban J connectivity index is 2.06. The van der Waals surface area contributed by atoms with Crippen LogP contribution in [0.15, 0.2) is 11.1 Å². The fourth-order valence-corrected chi connectivity index (χ4v) is 4.08. The highest BCUT2D eigenvalue weighted by atomic mass is 14.5. The molecule has 18 heavy (non-hydrogen) atoms. The summed E-state index contributed by atoms with van der Waals surface area (Å²) in [7, 11) is 0. The Bertz CT molecular complexity index is 302. The molecule has 2 rings (SSSR count). The molecule has 0 fully saturated rings. The first kappa shape index (κ1) is 14.2. The van der Waals surface area contributed by atoms with Crippen molar-refractivity contribution < 1.29 is 0 Å². The predicted octanol–water partition coefficient (Wildman–Crippen LogP) is 6.12. The second-order valence-electron chi connectivity index (χ2n) is 7.99. The van der Waals surface area contributed by atoms with Crippen LogP contribution >= 0.6 is 0 Å². The van der Waals surface area contributed by atoms with Crippen LogP contribution in [0.4, 0.5) is 0 Å². The van der Waals surface area contributed by atoms with Crippen molar-refractivity contribution in [3.8, 4) is 0 Å². The van der Waals surface area contributed by atoms with Crippen molar-refractivity contribution in [2.45, 2.75) is 86.0 Å². The molecule has 104 valence electrons. The molecule has 0 nitrogen and oxygen atoms in total. The first-order valence-electron chi connectivity index (χ1n) is 8.10. The van der Waals surface area contributed by atoms with E-state index in [1.54, 1.807) is 0 Å². The largest absolute Gasteiger partial charge is 0.0654 e. The van der Waals surface area contributed by atoms with Gasteiger partial charge in [0, 0.05) is 0 Å². The Kier molecular flexibility index (Phi) is 3.95. The molecule has 0 aromatic rings. The van der Waals surface area contributed by atoms with E-state index >= 15 is 0 Å². The van der Waals surface area contributed by atoms with E-state index in [4.69, 9.17) is 0 Å². The molecule has 0 amide bonds. The second kappa shape index (κ2) is 5.02. The van der Waals surface area contributed by atoms with E-state index in [1.807, 2.05) is 11.1 Å². The van der Waals surface area contributed by atoms with Crippen molar-refractivity contribution in [1.82, 2.24) is 0 Å². The lowest BCUT2D eigenvalue weighted by Crippen LogP contribution is -2.28. The minimum atomic E-state index is 0.490. The lowest BCUT2D eigenvalue weighted by molar-refractivity contribution is 0.262. The summed E-state index contributed by atoms with van der Waals surface area (Å²) >= 11 is 0. The standard InChI is InChI=1S/C18H32/c1-6-7-8-9-14-12-15-16(13-14)18(4,5)11-10-17(15,2)3/h14H,6-13H2,1-5H3. The number of hydrogen-bond acceptors (Lipinski definition) is 0. The van der Waals surface area contributed by atoms with E-state index in [0.29, 0.717) is 10.8 Å². The van der Waals surface area contributed by atoms with Crippen molar-refractivity contribution in [3.63, 3.8) is 0 Å². The van der Waals surface area contributed by atoms with E-state index in [-0.39, 0.29) is 0 Å². The van der Waals surface area contributed by atoms with Gasteiger partial charge in [0.2, 0.25) is 0 Å². The Hall–Kier alpha value is -0.260. The summed E-state index contributed by atoms with van der Waals surface area (Å²) in [6.45, 7) is 12.2. The van der Waals surface area contributed by atoms with Crippen LogP contribution in [0.25, 0.3) is 0 Å². The molecule has 0 spiro atoms. The number of rotatable bonds is 4. The highest BCUT2D eigenvalue weighted by molar-refractivity contribution is 5.33. The zero-order valence-electron chi connectivity index (χ0n) is 13.2. The maximum Gasteiger partial charge on any atom is -0.0141 e. The van der Waals surface area contributed by atoms with E-state index < -0.39 is 0 Å². The maximum absolute atomic E-state index is 2.48. The molecule has 0 saturated carbocycles. The Labute approximate surface area is 114 Å². The molecule has 0 aliphatic heterocycles. The smallest absolute Gasteiger partial charge is 0.0141 e. The fraction of sp³-hybridized carbons (Fsp3) is 0.889. The van der Waals surface area contributed by atoms with Gasteiger partial charge in [0.25, 0.3) is 0 Å². The van der Waals surface area contributed by atoms with E-state index in [1.165, 1.54) is 51.4 Å². The zero-order valence-corrected chi connectivity index (χ0v) is 13.2. The first-order valence-corrected chi connectivity index (χ1v) is 8.10. The normalized spacial score (nSPS) is 26.5. The summed E-state index contributed by atoms with van der Waals surface area (Å²) in [4.78, 5) is 0. The van der Waals surface area contributed by atoms with E-state index in [2.05, 4.69) is 34.6 Å². The number of hydrogen-bond donors (Lipinski definition) is 0. The fourth-order valence-electron chi connectivity index (χ4n) is 4.08. The third kappa shape index (κ3) is 2.68. The average Bonchev–Trinajstić information content (AvgIpc) is 2.72. The van der Waals surface area contributed by atoms with Crippen LogP contribution in [0.5, 0.6) is 0 Å². The van der Waals surface area contributed by atoms with Crippen LogP contribution in [-0.2, 0) is 0 Å². The van der Waals surface area contributed by atoms with Crippen molar-refractivity contribution in [3.05, 3.63) is 11.1 Å². The number of allylic oxidation sites excluding steroid dienone is 2. The minimum Gasteiger partial charge on any atom is -0.0654 e. The van der Waals surface area contributed by atoms with Crippen LogP contribution in [0.1, 0.15) is 86.0 Å². The maximum atomic E-state index is 2.48. The molecule has 0 heteroatoms. The van der Waals surface area contributed by atoms with Crippen molar-refractivity contribution >= 4 is 0 Å². The topological polar surface area (TPSA) is 0 Å². The summed E-state index contributed by atoms with van der Waals surface area (Å²) < 4.78 is 0. The molecular formula is C18H32. The van der Waals surface area contributed by atoms with Gasteiger partial charge < -0.3 is 0 Å². The zero-order chi connectivity index (χ0) is 13.4. The van der Waals surface area contributed by atoms with Gasteiger partial charge in [-0.25, -0.2) is 0 Å². The third-order valence-corrected chi connectivity index (χ3v) is 5.57. The molecule has 0 unspecified atom stereocenters. The quantitative estimate of drug-likeness (QED) is 0.415. The van der Waals surface area contributed by atoms with Gasteiger partial charge in [-0.3, -0.25) is 0 Å². The lowest BCUT2D eigenvalue weighted by Gasteiger charge is -2.41. The average molecular weight is 248 g/mol. The minimum absolute atomic E-state index is 0.490. The van der Waals surface area contributed by atoms with Gasteiger partial charge in [0.05, 0.1) is 0 Å². The van der Waals surface area contributed by atoms with Gasteiger partial charge in [-0.1, -0.05) is 65.0 Å². The summed E-state index contributed by atoms with van der Waals surface area (Å²) in [5, 5.41) is 0. The lowest BCUT2D eigenvalue weighted by atomic mass is 9.64.